The van der Waals surface area contributed by atoms with Gasteiger partial charge in [0.1, 0.15) is 0 Å². The summed E-state index contributed by atoms with van der Waals surface area (Å²) in [4.78, 5) is 26.1. The number of fused-ring (bicyclic) bond motifs is 2. The van der Waals surface area contributed by atoms with Gasteiger partial charge in [0.15, 0.2) is 0 Å². The fourth-order valence-electron chi connectivity index (χ4n) is 2.96. The Kier molecular flexibility index (Phi) is 3.18. The van der Waals surface area contributed by atoms with E-state index in [9.17, 15) is 22.8 Å². The zero-order valence-corrected chi connectivity index (χ0v) is 12.7. The summed E-state index contributed by atoms with van der Waals surface area (Å²) in [6, 6.07) is 14.5. The summed E-state index contributed by atoms with van der Waals surface area (Å²) in [5.74, 6) is -1.07. The molecule has 0 saturated heterocycles. The molecule has 6 heteroatoms. The summed E-state index contributed by atoms with van der Waals surface area (Å²) in [5.41, 5.74) is -0.214. The molecule has 0 unspecified atom stereocenters. The molecule has 2 amide bonds. The van der Waals surface area contributed by atoms with Crippen LogP contribution >= 0.6 is 0 Å². The van der Waals surface area contributed by atoms with E-state index in [2.05, 4.69) is 0 Å². The van der Waals surface area contributed by atoms with Crippen LogP contribution in [-0.2, 0) is 6.18 Å². The van der Waals surface area contributed by atoms with Gasteiger partial charge >= 0.3 is 6.18 Å². The highest BCUT2D eigenvalue weighted by atomic mass is 19.4. The first-order valence-corrected chi connectivity index (χ1v) is 7.45. The number of hydrogen-bond acceptors (Lipinski definition) is 2. The van der Waals surface area contributed by atoms with Crippen LogP contribution in [0.3, 0.4) is 0 Å². The van der Waals surface area contributed by atoms with E-state index in [1.807, 2.05) is 24.3 Å². The number of carbonyl (C=O) groups excluding carboxylic acids is 2. The molecular weight excluding hydrogens is 331 g/mol. The van der Waals surface area contributed by atoms with Gasteiger partial charge in [0.2, 0.25) is 0 Å². The minimum atomic E-state index is -4.47. The number of hydrogen-bond donors (Lipinski definition) is 0. The Labute approximate surface area is 140 Å². The lowest BCUT2D eigenvalue weighted by Crippen LogP contribution is -2.29. The Balaban J connectivity index is 1.78. The van der Waals surface area contributed by atoms with Gasteiger partial charge in [-0.15, -0.1) is 0 Å². The van der Waals surface area contributed by atoms with Gasteiger partial charge in [-0.3, -0.25) is 9.59 Å². The second kappa shape index (κ2) is 5.17. The minimum Gasteiger partial charge on any atom is -0.268 e. The second-order valence-electron chi connectivity index (χ2n) is 5.74. The Morgan fingerprint density at radius 2 is 1.20 bits per heavy atom. The van der Waals surface area contributed by atoms with Gasteiger partial charge in [0, 0.05) is 0 Å². The molecule has 1 heterocycles. The van der Waals surface area contributed by atoms with Crippen LogP contribution in [0.5, 0.6) is 0 Å². The minimum absolute atomic E-state index is 0.114. The normalized spacial score (nSPS) is 14.3. The van der Waals surface area contributed by atoms with Crippen molar-refractivity contribution in [1.82, 2.24) is 0 Å². The maximum Gasteiger partial charge on any atom is 0.416 e. The molecule has 3 aromatic carbocycles. The molecule has 1 aliphatic rings. The van der Waals surface area contributed by atoms with Crippen LogP contribution in [0, 0.1) is 0 Å². The van der Waals surface area contributed by atoms with Crippen LogP contribution in [0.2, 0.25) is 0 Å². The Morgan fingerprint density at radius 1 is 0.720 bits per heavy atom. The number of benzene rings is 3. The summed E-state index contributed by atoms with van der Waals surface area (Å²) in [7, 11) is 0. The molecule has 0 saturated carbocycles. The predicted octanol–water partition coefficient (Wildman–Crippen LogP) is 4.66. The zero-order valence-electron chi connectivity index (χ0n) is 12.7. The van der Waals surface area contributed by atoms with Crippen LogP contribution in [0.15, 0.2) is 60.7 Å². The van der Waals surface area contributed by atoms with E-state index in [1.54, 1.807) is 12.1 Å². The molecule has 0 aliphatic carbocycles. The third kappa shape index (κ3) is 2.38. The van der Waals surface area contributed by atoms with Crippen molar-refractivity contribution < 1.29 is 22.8 Å². The average Bonchev–Trinajstić information content (AvgIpc) is 2.83. The van der Waals surface area contributed by atoms with Gasteiger partial charge in [-0.2, -0.15) is 13.2 Å². The molecule has 1 aliphatic heterocycles. The van der Waals surface area contributed by atoms with Gasteiger partial charge < -0.3 is 0 Å². The first kappa shape index (κ1) is 15.4. The van der Waals surface area contributed by atoms with Crippen LogP contribution in [-0.4, -0.2) is 11.8 Å². The van der Waals surface area contributed by atoms with E-state index in [1.165, 1.54) is 0 Å². The summed E-state index contributed by atoms with van der Waals surface area (Å²) >= 11 is 0. The first-order valence-electron chi connectivity index (χ1n) is 7.45. The number of amides is 2. The van der Waals surface area contributed by atoms with Crippen molar-refractivity contribution in [3.05, 3.63) is 77.4 Å². The van der Waals surface area contributed by atoms with Gasteiger partial charge in [0.25, 0.3) is 11.8 Å². The molecule has 0 atom stereocenters. The molecule has 0 fully saturated rings. The number of anilines is 1. The standard InChI is InChI=1S/C19H10F3NO2/c20-19(21,22)13-5-7-14(8-6-13)23-17(24)15-9-11-3-1-2-4-12(11)10-16(15)18(23)25/h1-10H. The lowest BCUT2D eigenvalue weighted by Gasteiger charge is -2.15. The Morgan fingerprint density at radius 3 is 1.64 bits per heavy atom. The molecule has 0 aromatic heterocycles. The SMILES string of the molecule is O=C1c2cc3ccccc3cc2C(=O)N1c1ccc(C(F)(F)F)cc1. The van der Waals surface area contributed by atoms with Gasteiger partial charge in [-0.05, 0) is 47.2 Å². The molecule has 0 N–H and O–H groups in total. The molecule has 124 valence electrons. The molecule has 0 bridgehead atoms. The third-order valence-corrected chi connectivity index (χ3v) is 4.21. The van der Waals surface area contributed by atoms with Crippen LogP contribution in [0.25, 0.3) is 10.8 Å². The molecule has 0 radical (unpaired) electrons. The second-order valence-corrected chi connectivity index (χ2v) is 5.74. The summed E-state index contributed by atoms with van der Waals surface area (Å²) in [6.45, 7) is 0. The number of rotatable bonds is 1. The van der Waals surface area contributed by atoms with Gasteiger partial charge in [0.05, 0.1) is 22.4 Å². The zero-order chi connectivity index (χ0) is 17.8. The molecular formula is C19H10F3NO2. The lowest BCUT2D eigenvalue weighted by atomic mass is 10.0. The molecule has 25 heavy (non-hydrogen) atoms. The molecule has 4 rings (SSSR count). The molecule has 3 aromatic rings. The molecule has 3 nitrogen and oxygen atoms in total. The molecule has 0 spiro atoms. The van der Waals surface area contributed by atoms with E-state index >= 15 is 0 Å². The summed E-state index contributed by atoms with van der Waals surface area (Å²) in [6.07, 6.45) is -4.47. The number of nitrogens with zero attached hydrogens (tertiary/aromatic N) is 1. The van der Waals surface area contributed by atoms with E-state index in [0.717, 1.165) is 39.9 Å². The van der Waals surface area contributed by atoms with Gasteiger partial charge in [-0.25, -0.2) is 4.90 Å². The van der Waals surface area contributed by atoms with E-state index in [4.69, 9.17) is 0 Å². The van der Waals surface area contributed by atoms with Crippen LogP contribution in [0.4, 0.5) is 18.9 Å². The number of alkyl halides is 3. The Bertz CT molecular complexity index is 969. The van der Waals surface area contributed by atoms with Crippen LogP contribution in [0.1, 0.15) is 26.3 Å². The largest absolute Gasteiger partial charge is 0.416 e. The average molecular weight is 341 g/mol. The van der Waals surface area contributed by atoms with E-state index in [-0.39, 0.29) is 16.8 Å². The fraction of sp³-hybridized carbons (Fsp3) is 0.0526. The third-order valence-electron chi connectivity index (χ3n) is 4.21. The van der Waals surface area contributed by atoms with Crippen molar-refractivity contribution in [3.63, 3.8) is 0 Å². The first-order chi connectivity index (χ1) is 11.9. The smallest absolute Gasteiger partial charge is 0.268 e. The highest BCUT2D eigenvalue weighted by molar-refractivity contribution is 6.35. The highest BCUT2D eigenvalue weighted by Crippen LogP contribution is 2.34. The highest BCUT2D eigenvalue weighted by Gasteiger charge is 2.37. The van der Waals surface area contributed by atoms with Crippen molar-refractivity contribution in [1.29, 1.82) is 0 Å². The summed E-state index contributed by atoms with van der Waals surface area (Å²) in [5, 5.41) is 1.63. The van der Waals surface area contributed by atoms with Crippen molar-refractivity contribution >= 4 is 28.3 Å². The van der Waals surface area contributed by atoms with Crippen molar-refractivity contribution in [3.8, 4) is 0 Å². The Hall–Kier alpha value is -3.15. The van der Waals surface area contributed by atoms with Gasteiger partial charge in [-0.1, -0.05) is 24.3 Å². The lowest BCUT2D eigenvalue weighted by molar-refractivity contribution is -0.137. The topological polar surface area (TPSA) is 37.4 Å². The van der Waals surface area contributed by atoms with E-state index in [0.29, 0.717) is 0 Å². The maximum absolute atomic E-state index is 12.7. The fourth-order valence-corrected chi connectivity index (χ4v) is 2.96. The van der Waals surface area contributed by atoms with Crippen molar-refractivity contribution in [2.45, 2.75) is 6.18 Å². The van der Waals surface area contributed by atoms with Crippen molar-refractivity contribution in [2.75, 3.05) is 4.90 Å². The van der Waals surface area contributed by atoms with Crippen LogP contribution < -0.4 is 4.90 Å². The summed E-state index contributed by atoms with van der Waals surface area (Å²) < 4.78 is 38.0. The van der Waals surface area contributed by atoms with E-state index < -0.39 is 23.6 Å². The number of imide groups is 1. The number of halogens is 3. The maximum atomic E-state index is 12.7. The predicted molar refractivity (Wildman–Crippen MR) is 86.5 cm³/mol. The quantitative estimate of drug-likeness (QED) is 0.604. The number of carbonyl (C=O) groups is 2. The monoisotopic (exact) mass is 341 g/mol. The van der Waals surface area contributed by atoms with Crippen molar-refractivity contribution in [2.24, 2.45) is 0 Å².